The summed E-state index contributed by atoms with van der Waals surface area (Å²) in [6.07, 6.45) is -0.791. The summed E-state index contributed by atoms with van der Waals surface area (Å²) in [5.41, 5.74) is 22.4. The van der Waals surface area contributed by atoms with Gasteiger partial charge in [-0.2, -0.15) is 0 Å². The van der Waals surface area contributed by atoms with Gasteiger partial charge in [0.15, 0.2) is 6.04 Å². The van der Waals surface area contributed by atoms with E-state index >= 15 is 0 Å². The molecule has 4 atom stereocenters. The monoisotopic (exact) mass is 491 g/mol. The van der Waals surface area contributed by atoms with Crippen LogP contribution in [0.15, 0.2) is 0 Å². The zero-order chi connectivity index (χ0) is 26.4. The predicted molar refractivity (Wildman–Crippen MR) is 114 cm³/mol. The van der Waals surface area contributed by atoms with Gasteiger partial charge in [0.1, 0.15) is 6.04 Å². The maximum atomic E-state index is 12.9. The van der Waals surface area contributed by atoms with Gasteiger partial charge in [0.25, 0.3) is 0 Å². The number of carboxylic acid groups (broad SMARTS) is 2. The lowest BCUT2D eigenvalue weighted by Crippen LogP contribution is -2.60. The Labute approximate surface area is 195 Å². The SMILES string of the molecule is NCCCC[C@H](N)C(=O)N(C(=O)[C@@H](N)CCC(=O)O)[C@@H](CO)C(=O)OC(=O)[C@@H](N)CCC(=O)O. The molecule has 0 saturated heterocycles. The van der Waals surface area contributed by atoms with Gasteiger partial charge in [-0.1, -0.05) is 6.42 Å². The van der Waals surface area contributed by atoms with E-state index in [1.54, 1.807) is 0 Å². The Kier molecular flexibility index (Phi) is 14.4. The zero-order valence-electron chi connectivity index (χ0n) is 18.6. The normalized spacial score (nSPS) is 14.4. The molecular formula is C19H33N5O10. The van der Waals surface area contributed by atoms with Gasteiger partial charge < -0.3 is 43.0 Å². The third-order valence-corrected chi connectivity index (χ3v) is 4.68. The molecule has 11 N–H and O–H groups in total. The number of aliphatic hydroxyl groups is 1. The number of ether oxygens (including phenoxy) is 1. The van der Waals surface area contributed by atoms with E-state index in [0.29, 0.717) is 19.4 Å². The molecule has 0 saturated carbocycles. The van der Waals surface area contributed by atoms with Crippen molar-refractivity contribution in [2.75, 3.05) is 13.2 Å². The standard InChI is InChI=1S/C19H33N5O10/c20-8-2-1-3-10(21)16(30)24(17(31)11(22)4-6-14(26)27)13(9-25)19(33)34-18(32)12(23)5-7-15(28)29/h10-13,25H,1-9,20-23H2,(H,26,27)(H,28,29)/t10-,11-,12-,13-/m0/s1. The predicted octanol–water partition coefficient (Wildman–Crippen LogP) is -3.39. The quantitative estimate of drug-likeness (QED) is 0.0630. The Morgan fingerprint density at radius 3 is 1.65 bits per heavy atom. The smallest absolute Gasteiger partial charge is 0.339 e. The number of aliphatic hydroxyl groups excluding tert-OH is 1. The molecule has 0 aliphatic rings. The fourth-order valence-corrected chi connectivity index (χ4v) is 2.71. The Morgan fingerprint density at radius 1 is 0.735 bits per heavy atom. The number of nitrogens with two attached hydrogens (primary N) is 4. The van der Waals surface area contributed by atoms with Crippen molar-refractivity contribution in [2.45, 2.75) is 69.1 Å². The first kappa shape index (κ1) is 31.0. The number of carbonyl (C=O) groups is 6. The molecule has 0 heterocycles. The van der Waals surface area contributed by atoms with Crippen LogP contribution in [0.2, 0.25) is 0 Å². The molecule has 0 aromatic rings. The molecule has 0 fully saturated rings. The molecule has 0 aliphatic carbocycles. The van der Waals surface area contributed by atoms with Crippen LogP contribution in [0.3, 0.4) is 0 Å². The van der Waals surface area contributed by atoms with E-state index in [2.05, 4.69) is 4.74 Å². The second kappa shape index (κ2) is 15.8. The highest BCUT2D eigenvalue weighted by Gasteiger charge is 2.40. The molecule has 0 unspecified atom stereocenters. The molecule has 34 heavy (non-hydrogen) atoms. The lowest BCUT2D eigenvalue weighted by atomic mass is 10.0. The minimum Gasteiger partial charge on any atom is -0.481 e. The van der Waals surface area contributed by atoms with Gasteiger partial charge in [-0.05, 0) is 32.2 Å². The van der Waals surface area contributed by atoms with Crippen molar-refractivity contribution in [2.24, 2.45) is 22.9 Å². The topological polar surface area (TPSA) is 280 Å². The van der Waals surface area contributed by atoms with Crippen LogP contribution in [0.1, 0.15) is 44.9 Å². The van der Waals surface area contributed by atoms with Crippen LogP contribution in [0.4, 0.5) is 0 Å². The van der Waals surface area contributed by atoms with Crippen molar-refractivity contribution in [1.82, 2.24) is 4.90 Å². The lowest BCUT2D eigenvalue weighted by molar-refractivity contribution is -0.171. The number of hydrogen-bond acceptors (Lipinski definition) is 12. The average Bonchev–Trinajstić information content (AvgIpc) is 2.77. The van der Waals surface area contributed by atoms with E-state index in [1.807, 2.05) is 0 Å². The summed E-state index contributed by atoms with van der Waals surface area (Å²) in [5.74, 6) is -7.69. The van der Waals surface area contributed by atoms with Crippen LogP contribution in [-0.2, 0) is 33.5 Å². The van der Waals surface area contributed by atoms with Gasteiger partial charge >= 0.3 is 23.9 Å². The first-order chi connectivity index (χ1) is 15.9. The van der Waals surface area contributed by atoms with Crippen LogP contribution in [0.5, 0.6) is 0 Å². The number of nitrogens with zero attached hydrogens (tertiary/aromatic N) is 1. The zero-order valence-corrected chi connectivity index (χ0v) is 18.6. The fourth-order valence-electron chi connectivity index (χ4n) is 2.71. The average molecular weight is 491 g/mol. The number of imide groups is 1. The highest BCUT2D eigenvalue weighted by molar-refractivity contribution is 6.04. The molecule has 0 aromatic carbocycles. The van der Waals surface area contributed by atoms with Crippen molar-refractivity contribution in [3.8, 4) is 0 Å². The maximum absolute atomic E-state index is 12.9. The number of amides is 2. The Bertz CT molecular complexity index is 747. The third kappa shape index (κ3) is 10.8. The number of unbranched alkanes of at least 4 members (excludes halogenated alkanes) is 1. The fraction of sp³-hybridized carbons (Fsp3) is 0.684. The van der Waals surface area contributed by atoms with Crippen LogP contribution in [-0.4, -0.2) is 93.2 Å². The molecular weight excluding hydrogens is 458 g/mol. The van der Waals surface area contributed by atoms with Crippen LogP contribution < -0.4 is 22.9 Å². The summed E-state index contributed by atoms with van der Waals surface area (Å²) < 4.78 is 4.54. The highest BCUT2D eigenvalue weighted by Crippen LogP contribution is 2.13. The summed E-state index contributed by atoms with van der Waals surface area (Å²) in [7, 11) is 0. The van der Waals surface area contributed by atoms with E-state index < -0.39 is 85.7 Å². The van der Waals surface area contributed by atoms with Gasteiger partial charge in [0.2, 0.25) is 11.8 Å². The molecule has 15 nitrogen and oxygen atoms in total. The molecule has 0 rings (SSSR count). The number of hydrogen-bond donors (Lipinski definition) is 7. The van der Waals surface area contributed by atoms with Crippen molar-refractivity contribution in [3.63, 3.8) is 0 Å². The highest BCUT2D eigenvalue weighted by atomic mass is 16.6. The van der Waals surface area contributed by atoms with Crippen molar-refractivity contribution >= 4 is 35.7 Å². The molecule has 194 valence electrons. The van der Waals surface area contributed by atoms with Gasteiger partial charge in [0.05, 0.1) is 18.7 Å². The largest absolute Gasteiger partial charge is 0.481 e. The second-order valence-electron chi connectivity index (χ2n) is 7.45. The van der Waals surface area contributed by atoms with Crippen molar-refractivity contribution in [3.05, 3.63) is 0 Å². The number of carbonyl (C=O) groups excluding carboxylic acids is 4. The molecule has 0 radical (unpaired) electrons. The Balaban J connectivity index is 5.73. The summed E-state index contributed by atoms with van der Waals surface area (Å²) >= 11 is 0. The first-order valence-electron chi connectivity index (χ1n) is 10.5. The van der Waals surface area contributed by atoms with E-state index in [9.17, 15) is 33.9 Å². The third-order valence-electron chi connectivity index (χ3n) is 4.68. The van der Waals surface area contributed by atoms with Gasteiger partial charge in [-0.3, -0.25) is 24.1 Å². The van der Waals surface area contributed by atoms with Gasteiger partial charge in [-0.25, -0.2) is 9.59 Å². The van der Waals surface area contributed by atoms with E-state index in [0.717, 1.165) is 0 Å². The molecule has 0 aromatic heterocycles. The van der Waals surface area contributed by atoms with Crippen molar-refractivity contribution < 1.29 is 48.8 Å². The Hall–Kier alpha value is -2.98. The number of rotatable bonds is 16. The van der Waals surface area contributed by atoms with E-state index in [4.69, 9.17) is 33.1 Å². The van der Waals surface area contributed by atoms with Crippen LogP contribution in [0.25, 0.3) is 0 Å². The number of aliphatic carboxylic acids is 2. The lowest BCUT2D eigenvalue weighted by Gasteiger charge is -2.31. The minimum atomic E-state index is -2.04. The second-order valence-corrected chi connectivity index (χ2v) is 7.45. The van der Waals surface area contributed by atoms with Crippen LogP contribution >= 0.6 is 0 Å². The summed E-state index contributed by atoms with van der Waals surface area (Å²) in [4.78, 5) is 72.0. The first-order valence-corrected chi connectivity index (χ1v) is 10.5. The van der Waals surface area contributed by atoms with E-state index in [1.165, 1.54) is 0 Å². The summed E-state index contributed by atoms with van der Waals surface area (Å²) in [6, 6.07) is -6.40. The van der Waals surface area contributed by atoms with Gasteiger partial charge in [0, 0.05) is 12.8 Å². The van der Waals surface area contributed by atoms with Crippen LogP contribution in [0, 0.1) is 0 Å². The number of carboxylic acids is 2. The molecule has 15 heteroatoms. The molecule has 0 spiro atoms. The molecule has 0 bridgehead atoms. The molecule has 2 amide bonds. The maximum Gasteiger partial charge on any atom is 0.339 e. The number of esters is 2. The summed E-state index contributed by atoms with van der Waals surface area (Å²) in [5, 5.41) is 27.2. The molecule has 0 aliphatic heterocycles. The Morgan fingerprint density at radius 2 is 1.21 bits per heavy atom. The van der Waals surface area contributed by atoms with E-state index in [-0.39, 0.29) is 17.7 Å². The van der Waals surface area contributed by atoms with Crippen molar-refractivity contribution in [1.29, 1.82) is 0 Å². The van der Waals surface area contributed by atoms with Gasteiger partial charge in [-0.15, -0.1) is 0 Å². The summed E-state index contributed by atoms with van der Waals surface area (Å²) in [6.45, 7) is -0.853. The minimum absolute atomic E-state index is 0.0658.